The molecule has 3 aromatic rings. The van der Waals surface area contributed by atoms with E-state index in [1.807, 2.05) is 19.2 Å². The fraction of sp³-hybridized carbons (Fsp3) is 0.286. The van der Waals surface area contributed by atoms with Crippen molar-refractivity contribution >= 4 is 22.5 Å². The molecule has 0 aliphatic heterocycles. The van der Waals surface area contributed by atoms with Gasteiger partial charge in [-0.2, -0.15) is 0 Å². The maximum Gasteiger partial charge on any atom is 0.250 e. The van der Waals surface area contributed by atoms with Crippen LogP contribution in [-0.4, -0.2) is 36.1 Å². The van der Waals surface area contributed by atoms with Crippen LogP contribution in [0.4, 0.5) is 10.1 Å². The lowest BCUT2D eigenvalue weighted by Crippen LogP contribution is -2.34. The Kier molecular flexibility index (Phi) is 6.16. The minimum Gasteiger partial charge on any atom is -0.366 e. The van der Waals surface area contributed by atoms with Gasteiger partial charge in [-0.3, -0.25) is 4.79 Å². The van der Waals surface area contributed by atoms with Gasteiger partial charge in [-0.05, 0) is 49.2 Å². The van der Waals surface area contributed by atoms with E-state index in [0.29, 0.717) is 17.7 Å². The number of nitrogens with zero attached hydrogens (tertiary/aromatic N) is 3. The quantitative estimate of drug-likeness (QED) is 0.586. The third-order valence-corrected chi connectivity index (χ3v) is 4.86. The van der Waals surface area contributed by atoms with Crippen molar-refractivity contribution in [2.45, 2.75) is 19.3 Å². The highest BCUT2D eigenvalue weighted by molar-refractivity contribution is 6.07. The third kappa shape index (κ3) is 4.26. The summed E-state index contributed by atoms with van der Waals surface area (Å²) in [4.78, 5) is 22.3. The summed E-state index contributed by atoms with van der Waals surface area (Å²) in [7, 11) is 1.87. The maximum absolute atomic E-state index is 13.5. The number of rotatable bonds is 8. The van der Waals surface area contributed by atoms with E-state index in [-0.39, 0.29) is 11.7 Å². The van der Waals surface area contributed by atoms with Crippen molar-refractivity contribution in [2.75, 3.05) is 25.2 Å². The van der Waals surface area contributed by atoms with Crippen molar-refractivity contribution in [3.8, 4) is 0 Å². The van der Waals surface area contributed by atoms with Crippen molar-refractivity contribution in [1.29, 1.82) is 0 Å². The van der Waals surface area contributed by atoms with E-state index < -0.39 is 5.91 Å². The van der Waals surface area contributed by atoms with Crippen molar-refractivity contribution in [3.05, 3.63) is 65.9 Å². The molecule has 0 bridgehead atoms. The molecule has 0 spiro atoms. The molecule has 2 aromatic carbocycles. The first kappa shape index (κ1) is 19.7. The lowest BCUT2D eigenvalue weighted by molar-refractivity contribution is 0.100. The van der Waals surface area contributed by atoms with Gasteiger partial charge in [0, 0.05) is 23.8 Å². The zero-order chi connectivity index (χ0) is 20.1. The van der Waals surface area contributed by atoms with Crippen LogP contribution in [0.3, 0.4) is 0 Å². The molecule has 0 saturated heterocycles. The van der Waals surface area contributed by atoms with Crippen LogP contribution >= 0.6 is 0 Å². The van der Waals surface area contributed by atoms with Gasteiger partial charge in [0.2, 0.25) is 0 Å². The summed E-state index contributed by atoms with van der Waals surface area (Å²) in [5.41, 5.74) is 8.29. The number of halogens is 1. The van der Waals surface area contributed by atoms with Gasteiger partial charge in [-0.15, -0.1) is 0 Å². The van der Waals surface area contributed by atoms with Crippen LogP contribution in [0.15, 0.2) is 48.9 Å². The van der Waals surface area contributed by atoms with Crippen LogP contribution in [0, 0.1) is 5.82 Å². The maximum atomic E-state index is 13.5. The molecular weight excluding hydrogens is 357 g/mol. The van der Waals surface area contributed by atoms with Crippen molar-refractivity contribution < 1.29 is 9.18 Å². The molecule has 7 heteroatoms. The minimum absolute atomic E-state index is 0.197. The van der Waals surface area contributed by atoms with Crippen LogP contribution in [-0.2, 0) is 0 Å². The molecule has 28 heavy (non-hydrogen) atoms. The summed E-state index contributed by atoms with van der Waals surface area (Å²) in [6.45, 7) is 3.43. The molecule has 0 aliphatic carbocycles. The predicted octanol–water partition coefficient (Wildman–Crippen LogP) is 3.04. The number of primary amides is 1. The van der Waals surface area contributed by atoms with E-state index in [2.05, 4.69) is 27.1 Å². The number of amides is 1. The SMILES string of the molecule is CNCN(CCC(C)c1cccc(F)c1)c1ccc(C(N)=O)c2ncncc12. The highest BCUT2D eigenvalue weighted by Crippen LogP contribution is 2.29. The van der Waals surface area contributed by atoms with E-state index >= 15 is 0 Å². The number of nitrogens with one attached hydrogen (secondary N) is 1. The summed E-state index contributed by atoms with van der Waals surface area (Å²) in [6.07, 6.45) is 3.94. The standard InChI is InChI=1S/C21H24FN5O/c1-14(15-4-3-5-16(22)10-15)8-9-27(13-24-2)19-7-6-17(21(23)28)20-18(19)11-25-12-26-20/h3-7,10-12,14,24H,8-9,13H2,1-2H3,(H2,23,28). The Hall–Kier alpha value is -3.06. The average molecular weight is 381 g/mol. The van der Waals surface area contributed by atoms with Gasteiger partial charge in [0.05, 0.1) is 17.7 Å². The molecule has 3 N–H and O–H groups in total. The number of benzene rings is 2. The smallest absolute Gasteiger partial charge is 0.250 e. The fourth-order valence-electron chi connectivity index (χ4n) is 3.34. The summed E-state index contributed by atoms with van der Waals surface area (Å²) >= 11 is 0. The Labute approximate surface area is 163 Å². The molecule has 1 amide bonds. The van der Waals surface area contributed by atoms with E-state index in [9.17, 15) is 9.18 Å². The second kappa shape index (κ2) is 8.75. The van der Waals surface area contributed by atoms with Crippen molar-refractivity contribution in [2.24, 2.45) is 5.73 Å². The van der Waals surface area contributed by atoms with E-state index in [0.717, 1.165) is 29.6 Å². The Morgan fingerprint density at radius 2 is 2.14 bits per heavy atom. The molecule has 0 fully saturated rings. The summed E-state index contributed by atoms with van der Waals surface area (Å²) in [5, 5.41) is 3.95. The molecule has 1 atom stereocenters. The summed E-state index contributed by atoms with van der Waals surface area (Å²) < 4.78 is 13.5. The number of aromatic nitrogens is 2. The Morgan fingerprint density at radius 1 is 1.32 bits per heavy atom. The monoisotopic (exact) mass is 381 g/mol. The van der Waals surface area contributed by atoms with Crippen LogP contribution in [0.5, 0.6) is 0 Å². The van der Waals surface area contributed by atoms with E-state index in [1.54, 1.807) is 24.4 Å². The van der Waals surface area contributed by atoms with Crippen LogP contribution in [0.25, 0.3) is 10.9 Å². The molecule has 0 saturated carbocycles. The molecule has 0 radical (unpaired) electrons. The Bertz CT molecular complexity index is 978. The fourth-order valence-corrected chi connectivity index (χ4v) is 3.34. The van der Waals surface area contributed by atoms with Crippen LogP contribution in [0.1, 0.15) is 35.2 Å². The molecule has 0 aliphatic rings. The first-order valence-electron chi connectivity index (χ1n) is 9.18. The number of carbonyl (C=O) groups is 1. The Balaban J connectivity index is 1.88. The number of fused-ring (bicyclic) bond motifs is 1. The second-order valence-electron chi connectivity index (χ2n) is 6.80. The first-order valence-corrected chi connectivity index (χ1v) is 9.18. The molecule has 3 rings (SSSR count). The van der Waals surface area contributed by atoms with Gasteiger partial charge in [0.25, 0.3) is 5.91 Å². The van der Waals surface area contributed by atoms with Gasteiger partial charge in [-0.25, -0.2) is 14.4 Å². The molecule has 1 unspecified atom stereocenters. The molecule has 6 nitrogen and oxygen atoms in total. The Morgan fingerprint density at radius 3 is 2.86 bits per heavy atom. The summed E-state index contributed by atoms with van der Waals surface area (Å²) in [6, 6.07) is 10.3. The number of anilines is 1. The highest BCUT2D eigenvalue weighted by Gasteiger charge is 2.17. The van der Waals surface area contributed by atoms with Crippen molar-refractivity contribution in [3.63, 3.8) is 0 Å². The van der Waals surface area contributed by atoms with Gasteiger partial charge in [0.1, 0.15) is 12.1 Å². The second-order valence-corrected chi connectivity index (χ2v) is 6.80. The third-order valence-electron chi connectivity index (χ3n) is 4.86. The normalized spacial score (nSPS) is 12.1. The van der Waals surface area contributed by atoms with Gasteiger partial charge < -0.3 is 16.0 Å². The number of nitrogens with two attached hydrogens (primary N) is 1. The molecular formula is C21H24FN5O. The van der Waals surface area contributed by atoms with Crippen LogP contribution < -0.4 is 16.0 Å². The number of hydrogen-bond acceptors (Lipinski definition) is 5. The lowest BCUT2D eigenvalue weighted by atomic mass is 9.97. The molecule has 146 valence electrons. The molecule has 1 aromatic heterocycles. The van der Waals surface area contributed by atoms with Gasteiger partial charge >= 0.3 is 0 Å². The van der Waals surface area contributed by atoms with Crippen molar-refractivity contribution in [1.82, 2.24) is 15.3 Å². The summed E-state index contributed by atoms with van der Waals surface area (Å²) in [5.74, 6) is -0.542. The zero-order valence-electron chi connectivity index (χ0n) is 16.0. The first-order chi connectivity index (χ1) is 13.5. The lowest BCUT2D eigenvalue weighted by Gasteiger charge is -2.27. The largest absolute Gasteiger partial charge is 0.366 e. The average Bonchev–Trinajstić information content (AvgIpc) is 2.70. The van der Waals surface area contributed by atoms with E-state index in [4.69, 9.17) is 5.73 Å². The topological polar surface area (TPSA) is 84.1 Å². The van der Waals surface area contributed by atoms with Gasteiger partial charge in [0.15, 0.2) is 0 Å². The van der Waals surface area contributed by atoms with Crippen LogP contribution in [0.2, 0.25) is 0 Å². The van der Waals surface area contributed by atoms with E-state index in [1.165, 1.54) is 12.4 Å². The number of carbonyl (C=O) groups excluding carboxylic acids is 1. The number of hydrogen-bond donors (Lipinski definition) is 2. The highest BCUT2D eigenvalue weighted by atomic mass is 19.1. The predicted molar refractivity (Wildman–Crippen MR) is 109 cm³/mol. The zero-order valence-corrected chi connectivity index (χ0v) is 16.0. The minimum atomic E-state index is -0.518. The molecule has 1 heterocycles. The van der Waals surface area contributed by atoms with Gasteiger partial charge in [-0.1, -0.05) is 19.1 Å².